The van der Waals surface area contributed by atoms with Crippen LogP contribution in [0.5, 0.6) is 0 Å². The van der Waals surface area contributed by atoms with E-state index in [0.717, 1.165) is 31.1 Å². The maximum Gasteiger partial charge on any atom is 0.207 e. The maximum absolute atomic E-state index is 9.81. The standard InChI is InChI=1S/C10H14ClN3OS/c11-10-13-12-9(16-10)5-14-3-6-1-2-8(15)7(6)4-14/h6-8,15H,1-5H2. The number of hydrogen-bond donors (Lipinski definition) is 1. The molecule has 0 amide bonds. The van der Waals surface area contributed by atoms with Gasteiger partial charge in [-0.3, -0.25) is 4.90 Å². The van der Waals surface area contributed by atoms with Crippen LogP contribution in [0, 0.1) is 11.8 Å². The SMILES string of the molecule is OC1CCC2CN(Cc3nnc(Cl)s3)CC12. The minimum atomic E-state index is -0.0898. The Labute approximate surface area is 103 Å². The molecule has 3 rings (SSSR count). The number of rotatable bonds is 2. The lowest BCUT2D eigenvalue weighted by molar-refractivity contribution is 0.123. The first-order valence-electron chi connectivity index (χ1n) is 5.60. The first-order chi connectivity index (χ1) is 7.72. The number of aliphatic hydroxyl groups is 1. The molecule has 0 aromatic carbocycles. The van der Waals surface area contributed by atoms with Crippen LogP contribution in [0.3, 0.4) is 0 Å². The van der Waals surface area contributed by atoms with Crippen LogP contribution in [0.4, 0.5) is 0 Å². The highest BCUT2D eigenvalue weighted by atomic mass is 35.5. The van der Waals surface area contributed by atoms with E-state index in [0.29, 0.717) is 16.3 Å². The van der Waals surface area contributed by atoms with Gasteiger partial charge in [0.1, 0.15) is 5.01 Å². The molecule has 1 aliphatic heterocycles. The van der Waals surface area contributed by atoms with E-state index < -0.39 is 0 Å². The number of halogens is 1. The molecule has 2 fully saturated rings. The number of aromatic nitrogens is 2. The lowest BCUT2D eigenvalue weighted by atomic mass is 10.00. The molecule has 6 heteroatoms. The summed E-state index contributed by atoms with van der Waals surface area (Å²) in [6, 6.07) is 0. The predicted octanol–water partition coefficient (Wildman–Crippen LogP) is 1.39. The number of fused-ring (bicyclic) bond motifs is 1. The summed E-state index contributed by atoms with van der Waals surface area (Å²) < 4.78 is 0.509. The average Bonchev–Trinajstić information content (AvgIpc) is 2.88. The molecule has 1 aromatic heterocycles. The molecular weight excluding hydrogens is 246 g/mol. The molecule has 1 N–H and O–H groups in total. The Morgan fingerprint density at radius 3 is 2.94 bits per heavy atom. The molecule has 88 valence electrons. The summed E-state index contributed by atoms with van der Waals surface area (Å²) in [5, 5.41) is 18.6. The first-order valence-corrected chi connectivity index (χ1v) is 6.80. The molecule has 1 aliphatic carbocycles. The van der Waals surface area contributed by atoms with Gasteiger partial charge in [-0.15, -0.1) is 10.2 Å². The highest BCUT2D eigenvalue weighted by Gasteiger charge is 2.41. The second-order valence-electron chi connectivity index (χ2n) is 4.71. The molecular formula is C10H14ClN3OS. The number of nitrogens with zero attached hydrogens (tertiary/aromatic N) is 3. The van der Waals surface area contributed by atoms with Crippen molar-refractivity contribution in [2.45, 2.75) is 25.5 Å². The van der Waals surface area contributed by atoms with Gasteiger partial charge < -0.3 is 5.11 Å². The van der Waals surface area contributed by atoms with Crippen LogP contribution in [0.15, 0.2) is 0 Å². The molecule has 1 aromatic rings. The van der Waals surface area contributed by atoms with Crippen molar-refractivity contribution in [2.75, 3.05) is 13.1 Å². The average molecular weight is 260 g/mol. The third-order valence-electron chi connectivity index (χ3n) is 3.70. The minimum absolute atomic E-state index is 0.0898. The van der Waals surface area contributed by atoms with Crippen molar-refractivity contribution < 1.29 is 5.11 Å². The van der Waals surface area contributed by atoms with Gasteiger partial charge in [-0.1, -0.05) is 11.3 Å². The van der Waals surface area contributed by atoms with Gasteiger partial charge in [-0.25, -0.2) is 0 Å². The van der Waals surface area contributed by atoms with Crippen molar-refractivity contribution in [2.24, 2.45) is 11.8 Å². The lowest BCUT2D eigenvalue weighted by Crippen LogP contribution is -2.24. The van der Waals surface area contributed by atoms with Crippen molar-refractivity contribution in [1.29, 1.82) is 0 Å². The fraction of sp³-hybridized carbons (Fsp3) is 0.800. The minimum Gasteiger partial charge on any atom is -0.393 e. The Morgan fingerprint density at radius 1 is 1.38 bits per heavy atom. The summed E-state index contributed by atoms with van der Waals surface area (Å²) in [6.45, 7) is 2.89. The Balaban J connectivity index is 1.62. The second-order valence-corrected chi connectivity index (χ2v) is 6.36. The van der Waals surface area contributed by atoms with Crippen molar-refractivity contribution in [3.63, 3.8) is 0 Å². The van der Waals surface area contributed by atoms with Gasteiger partial charge in [0.05, 0.1) is 12.6 Å². The third kappa shape index (κ3) is 1.97. The van der Waals surface area contributed by atoms with E-state index in [1.165, 1.54) is 17.8 Å². The molecule has 0 bridgehead atoms. The van der Waals surface area contributed by atoms with Crippen LogP contribution >= 0.6 is 22.9 Å². The van der Waals surface area contributed by atoms with Gasteiger partial charge in [-0.2, -0.15) is 0 Å². The van der Waals surface area contributed by atoms with Crippen molar-refractivity contribution in [3.05, 3.63) is 9.47 Å². The van der Waals surface area contributed by atoms with E-state index in [4.69, 9.17) is 11.6 Å². The fourth-order valence-corrected chi connectivity index (χ4v) is 3.86. The van der Waals surface area contributed by atoms with Crippen molar-refractivity contribution in [1.82, 2.24) is 15.1 Å². The molecule has 4 nitrogen and oxygen atoms in total. The Hall–Kier alpha value is -0.230. The van der Waals surface area contributed by atoms with Crippen LogP contribution in [-0.2, 0) is 6.54 Å². The van der Waals surface area contributed by atoms with Gasteiger partial charge in [0.25, 0.3) is 0 Å². The summed E-state index contributed by atoms with van der Waals surface area (Å²) in [5.41, 5.74) is 0. The van der Waals surface area contributed by atoms with E-state index in [2.05, 4.69) is 15.1 Å². The smallest absolute Gasteiger partial charge is 0.207 e. The molecule has 16 heavy (non-hydrogen) atoms. The normalized spacial score (nSPS) is 34.5. The van der Waals surface area contributed by atoms with Crippen LogP contribution in [-0.4, -0.2) is 39.4 Å². The van der Waals surface area contributed by atoms with Crippen molar-refractivity contribution >= 4 is 22.9 Å². The Bertz CT molecular complexity index is 386. The molecule has 3 unspecified atom stereocenters. The number of hydrogen-bond acceptors (Lipinski definition) is 5. The van der Waals surface area contributed by atoms with Gasteiger partial charge in [0.15, 0.2) is 0 Å². The monoisotopic (exact) mass is 259 g/mol. The van der Waals surface area contributed by atoms with E-state index >= 15 is 0 Å². The van der Waals surface area contributed by atoms with E-state index in [-0.39, 0.29) is 6.10 Å². The largest absolute Gasteiger partial charge is 0.393 e. The zero-order valence-electron chi connectivity index (χ0n) is 8.84. The highest BCUT2D eigenvalue weighted by molar-refractivity contribution is 7.15. The number of aliphatic hydroxyl groups excluding tert-OH is 1. The molecule has 1 saturated heterocycles. The van der Waals surface area contributed by atoms with Crippen molar-refractivity contribution in [3.8, 4) is 0 Å². The third-order valence-corrected chi connectivity index (χ3v) is 4.70. The predicted molar refractivity (Wildman–Crippen MR) is 62.4 cm³/mol. The van der Waals surface area contributed by atoms with Crippen LogP contribution in [0.25, 0.3) is 0 Å². The second kappa shape index (κ2) is 4.22. The van der Waals surface area contributed by atoms with Gasteiger partial charge >= 0.3 is 0 Å². The van der Waals surface area contributed by atoms with E-state index in [1.54, 1.807) is 0 Å². The van der Waals surface area contributed by atoms with Gasteiger partial charge in [-0.05, 0) is 30.4 Å². The van der Waals surface area contributed by atoms with Crippen LogP contribution < -0.4 is 0 Å². The zero-order valence-corrected chi connectivity index (χ0v) is 10.4. The van der Waals surface area contributed by atoms with E-state index in [1.807, 2.05) is 0 Å². The molecule has 3 atom stereocenters. The highest BCUT2D eigenvalue weighted by Crippen LogP contribution is 2.38. The molecule has 0 radical (unpaired) electrons. The maximum atomic E-state index is 9.81. The molecule has 2 aliphatic rings. The Kier molecular flexibility index (Phi) is 2.87. The fourth-order valence-electron chi connectivity index (χ4n) is 2.95. The quantitative estimate of drug-likeness (QED) is 0.872. The summed E-state index contributed by atoms with van der Waals surface area (Å²) in [5.74, 6) is 1.15. The first kappa shape index (κ1) is 10.9. The van der Waals surface area contributed by atoms with Crippen LogP contribution in [0.1, 0.15) is 17.8 Å². The topological polar surface area (TPSA) is 49.2 Å². The van der Waals surface area contributed by atoms with Crippen LogP contribution in [0.2, 0.25) is 4.47 Å². The van der Waals surface area contributed by atoms with Gasteiger partial charge in [0, 0.05) is 19.0 Å². The summed E-state index contributed by atoms with van der Waals surface area (Å²) in [6.07, 6.45) is 2.06. The summed E-state index contributed by atoms with van der Waals surface area (Å²) in [4.78, 5) is 2.36. The lowest BCUT2D eigenvalue weighted by Gasteiger charge is -2.15. The molecule has 2 heterocycles. The summed E-state index contributed by atoms with van der Waals surface area (Å²) in [7, 11) is 0. The van der Waals surface area contributed by atoms with Gasteiger partial charge in [0.2, 0.25) is 4.47 Å². The number of likely N-dealkylation sites (tertiary alicyclic amines) is 1. The Morgan fingerprint density at radius 2 is 2.25 bits per heavy atom. The summed E-state index contributed by atoms with van der Waals surface area (Å²) >= 11 is 7.19. The van der Waals surface area contributed by atoms with E-state index in [9.17, 15) is 5.11 Å². The molecule has 1 saturated carbocycles. The molecule has 0 spiro atoms. The zero-order chi connectivity index (χ0) is 11.1.